The van der Waals surface area contributed by atoms with Crippen LogP contribution in [-0.2, 0) is 14.4 Å². The number of hydrogen-bond donors (Lipinski definition) is 1. The van der Waals surface area contributed by atoms with E-state index in [1.807, 2.05) is 62.4 Å². The number of nitrogens with zero attached hydrogens (tertiary/aromatic N) is 3. The summed E-state index contributed by atoms with van der Waals surface area (Å²) in [4.78, 5) is 49.3. The molecule has 5 rings (SSSR count). The number of alkyl halides is 1. The van der Waals surface area contributed by atoms with E-state index >= 15 is 0 Å². The fraction of sp³-hybridized carbons (Fsp3) is 0.457. The first-order valence-corrected chi connectivity index (χ1v) is 17.2. The number of hydrogen-bond acceptors (Lipinski definition) is 5. The molecule has 9 heteroatoms. The van der Waals surface area contributed by atoms with Gasteiger partial charge in [-0.25, -0.2) is 0 Å². The van der Waals surface area contributed by atoms with Crippen LogP contribution < -0.4 is 9.80 Å². The molecule has 7 nitrogen and oxygen atoms in total. The Morgan fingerprint density at radius 2 is 1.75 bits per heavy atom. The Hall–Kier alpha value is -2.88. The van der Waals surface area contributed by atoms with Crippen LogP contribution in [0.1, 0.15) is 36.8 Å². The van der Waals surface area contributed by atoms with Gasteiger partial charge in [-0.15, -0.1) is 24.9 Å². The van der Waals surface area contributed by atoms with Crippen molar-refractivity contribution >= 4 is 56.8 Å². The van der Waals surface area contributed by atoms with Crippen LogP contribution in [0.5, 0.6) is 0 Å². The van der Waals surface area contributed by atoms with Crippen LogP contribution in [0.3, 0.4) is 0 Å². The lowest BCUT2D eigenvalue weighted by Crippen LogP contribution is -2.56. The van der Waals surface area contributed by atoms with Gasteiger partial charge in [-0.3, -0.25) is 14.4 Å². The van der Waals surface area contributed by atoms with Crippen molar-refractivity contribution < 1.29 is 19.5 Å². The number of aliphatic hydroxyl groups is 1. The quantitative estimate of drug-likeness (QED) is 0.168. The fourth-order valence-electron chi connectivity index (χ4n) is 7.34. The molecule has 2 aromatic rings. The predicted octanol–water partition coefficient (Wildman–Crippen LogP) is 5.67. The minimum atomic E-state index is -0.752. The Morgan fingerprint density at radius 1 is 1.05 bits per heavy atom. The van der Waals surface area contributed by atoms with Gasteiger partial charge in [-0.1, -0.05) is 58.4 Å². The van der Waals surface area contributed by atoms with E-state index in [1.165, 1.54) is 0 Å². The lowest BCUT2D eigenvalue weighted by atomic mass is 9.70. The van der Waals surface area contributed by atoms with Crippen LogP contribution >= 0.6 is 27.7 Å². The van der Waals surface area contributed by atoms with Crippen molar-refractivity contribution in [3.05, 3.63) is 85.0 Å². The van der Waals surface area contributed by atoms with E-state index in [-0.39, 0.29) is 34.4 Å². The summed E-state index contributed by atoms with van der Waals surface area (Å²) in [6.07, 6.45) is 6.10. The van der Waals surface area contributed by atoms with Crippen LogP contribution in [0, 0.1) is 25.7 Å². The molecule has 6 atom stereocenters. The number of thioether (sulfide) groups is 1. The standard InChI is InChI=1S/C35H42BrN3O4S/c1-5-17-37(25-13-9-7-10-14-25)32(41)28-29-33(42)39(19-11-8-12-20-40)31(35(29)22-26(36)30(28)44-35)34(43)38(18-6-2)27-21-23(3)15-16-24(27)4/h5-7,9-10,13-16,21,26,28-31,40H,1-2,8,11-12,17-20,22H2,3-4H3/t26?,28-,29+,30-,31?,35?/m1/s1. The largest absolute Gasteiger partial charge is 0.396 e. The molecule has 0 saturated carbocycles. The van der Waals surface area contributed by atoms with Crippen molar-refractivity contribution in [1.29, 1.82) is 0 Å². The molecule has 0 radical (unpaired) electrons. The molecule has 2 aromatic carbocycles. The molecule has 3 aliphatic rings. The third kappa shape index (κ3) is 5.67. The lowest BCUT2D eigenvalue weighted by Gasteiger charge is -2.38. The molecule has 3 aliphatic heterocycles. The Balaban J connectivity index is 1.58. The fourth-order valence-corrected chi connectivity index (χ4v) is 10.9. The summed E-state index contributed by atoms with van der Waals surface area (Å²) in [5, 5.41) is 9.23. The van der Waals surface area contributed by atoms with Gasteiger partial charge in [-0.05, 0) is 68.9 Å². The lowest BCUT2D eigenvalue weighted by molar-refractivity contribution is -0.139. The van der Waals surface area contributed by atoms with E-state index in [1.54, 1.807) is 38.6 Å². The summed E-state index contributed by atoms with van der Waals surface area (Å²) in [7, 11) is 0. The maximum Gasteiger partial charge on any atom is 0.251 e. The van der Waals surface area contributed by atoms with E-state index in [9.17, 15) is 19.5 Å². The average Bonchev–Trinajstić information content (AvgIpc) is 3.61. The van der Waals surface area contributed by atoms with Gasteiger partial charge in [0.25, 0.3) is 5.91 Å². The van der Waals surface area contributed by atoms with Crippen molar-refractivity contribution in [2.24, 2.45) is 11.8 Å². The zero-order chi connectivity index (χ0) is 31.6. The number of halogens is 1. The number of anilines is 2. The number of carbonyl (C=O) groups excluding carboxylic acids is 3. The molecule has 3 amide bonds. The molecular weight excluding hydrogens is 638 g/mol. The maximum absolute atomic E-state index is 14.9. The van der Waals surface area contributed by atoms with E-state index < -0.39 is 22.6 Å². The van der Waals surface area contributed by atoms with Crippen LogP contribution in [0.15, 0.2) is 73.8 Å². The predicted molar refractivity (Wildman–Crippen MR) is 182 cm³/mol. The number of aryl methyl sites for hydroxylation is 2. The number of benzene rings is 2. The Bertz CT molecular complexity index is 1420. The Labute approximate surface area is 273 Å². The molecule has 234 valence electrons. The number of likely N-dealkylation sites (tertiary alicyclic amines) is 1. The first-order chi connectivity index (χ1) is 21.2. The normalized spacial score (nSPS) is 26.9. The molecule has 1 N–H and O–H groups in total. The van der Waals surface area contributed by atoms with E-state index in [0.29, 0.717) is 38.9 Å². The van der Waals surface area contributed by atoms with Gasteiger partial charge >= 0.3 is 0 Å². The SMILES string of the molecule is C=CCN(C(=O)[C@H]1[C@@H]2SC3(CC2Br)C(C(=O)N(CC=C)c2cc(C)ccc2C)N(CCCCCO)C(=O)[C@H]13)c1ccccc1. The summed E-state index contributed by atoms with van der Waals surface area (Å²) < 4.78 is -0.752. The van der Waals surface area contributed by atoms with Crippen molar-refractivity contribution in [2.75, 3.05) is 36.0 Å². The van der Waals surface area contributed by atoms with Crippen LogP contribution in [0.25, 0.3) is 0 Å². The summed E-state index contributed by atoms with van der Waals surface area (Å²) in [6, 6.07) is 14.8. The summed E-state index contributed by atoms with van der Waals surface area (Å²) in [5.41, 5.74) is 3.58. The second-order valence-electron chi connectivity index (χ2n) is 12.1. The Morgan fingerprint density at radius 3 is 2.43 bits per heavy atom. The van der Waals surface area contributed by atoms with Crippen LogP contribution in [-0.4, -0.2) is 74.8 Å². The molecule has 3 unspecified atom stereocenters. The number of para-hydroxylation sites is 1. The second kappa shape index (κ2) is 13.6. The summed E-state index contributed by atoms with van der Waals surface area (Å²) in [5.74, 6) is -1.57. The molecule has 1 spiro atoms. The molecular formula is C35H42BrN3O4S. The first kappa shape index (κ1) is 32.5. The highest BCUT2D eigenvalue weighted by atomic mass is 79.9. The van der Waals surface area contributed by atoms with Gasteiger partial charge in [0.2, 0.25) is 11.8 Å². The first-order valence-electron chi connectivity index (χ1n) is 15.4. The average molecular weight is 681 g/mol. The highest BCUT2D eigenvalue weighted by Gasteiger charge is 2.76. The number of fused-ring (bicyclic) bond motifs is 1. The number of carbonyl (C=O) groups is 3. The summed E-state index contributed by atoms with van der Waals surface area (Å²) in [6.45, 7) is 12.9. The highest BCUT2D eigenvalue weighted by molar-refractivity contribution is 9.09. The topological polar surface area (TPSA) is 81.2 Å². The smallest absolute Gasteiger partial charge is 0.251 e. The van der Waals surface area contributed by atoms with Crippen molar-refractivity contribution in [1.82, 2.24) is 4.90 Å². The number of unbranched alkanes of at least 4 members (excludes halogenated alkanes) is 2. The zero-order valence-corrected chi connectivity index (χ0v) is 27.9. The van der Waals surface area contributed by atoms with E-state index in [0.717, 1.165) is 28.9 Å². The third-order valence-corrected chi connectivity index (χ3v) is 12.5. The second-order valence-corrected chi connectivity index (χ2v) is 14.8. The number of aliphatic hydroxyl groups excluding tert-OH is 1. The van der Waals surface area contributed by atoms with Gasteiger partial charge in [0.15, 0.2) is 0 Å². The molecule has 3 saturated heterocycles. The molecule has 0 aliphatic carbocycles. The Kier molecular flexibility index (Phi) is 10.1. The van der Waals surface area contributed by atoms with Crippen molar-refractivity contribution in [3.8, 4) is 0 Å². The summed E-state index contributed by atoms with van der Waals surface area (Å²) >= 11 is 5.55. The van der Waals surface area contributed by atoms with Gasteiger partial charge in [-0.2, -0.15) is 0 Å². The monoisotopic (exact) mass is 679 g/mol. The van der Waals surface area contributed by atoms with E-state index in [4.69, 9.17) is 0 Å². The van der Waals surface area contributed by atoms with Gasteiger partial charge in [0.1, 0.15) is 6.04 Å². The maximum atomic E-state index is 14.9. The van der Waals surface area contributed by atoms with Gasteiger partial charge < -0.3 is 19.8 Å². The number of rotatable bonds is 13. The molecule has 3 heterocycles. The van der Waals surface area contributed by atoms with E-state index in [2.05, 4.69) is 29.1 Å². The molecule has 44 heavy (non-hydrogen) atoms. The molecule has 2 bridgehead atoms. The molecule has 3 fully saturated rings. The number of amides is 3. The van der Waals surface area contributed by atoms with Crippen molar-refractivity contribution in [3.63, 3.8) is 0 Å². The minimum Gasteiger partial charge on any atom is -0.396 e. The van der Waals surface area contributed by atoms with Crippen molar-refractivity contribution in [2.45, 2.75) is 60.4 Å². The molecule has 0 aromatic heterocycles. The van der Waals surface area contributed by atoms with Crippen LogP contribution in [0.2, 0.25) is 0 Å². The van der Waals surface area contributed by atoms with Gasteiger partial charge in [0.05, 0.1) is 16.6 Å². The van der Waals surface area contributed by atoms with Crippen LogP contribution in [0.4, 0.5) is 11.4 Å². The third-order valence-electron chi connectivity index (χ3n) is 9.24. The minimum absolute atomic E-state index is 0.0231. The zero-order valence-electron chi connectivity index (χ0n) is 25.5. The highest BCUT2D eigenvalue weighted by Crippen LogP contribution is 2.68. The van der Waals surface area contributed by atoms with Gasteiger partial charge in [0, 0.05) is 47.7 Å².